The van der Waals surface area contributed by atoms with Gasteiger partial charge in [0.2, 0.25) is 0 Å². The molecule has 2 heterocycles. The highest BCUT2D eigenvalue weighted by Gasteiger charge is 2.29. The molecule has 1 amide bonds. The minimum atomic E-state index is -0.0947. The highest BCUT2D eigenvalue weighted by atomic mass is 79.9. The molecule has 0 saturated heterocycles. The van der Waals surface area contributed by atoms with Gasteiger partial charge in [0, 0.05) is 10.8 Å². The number of aromatic nitrogens is 2. The lowest BCUT2D eigenvalue weighted by Crippen LogP contribution is -2.25. The van der Waals surface area contributed by atoms with Crippen LogP contribution in [-0.4, -0.2) is 15.7 Å². The SMILES string of the molecule is O=C(NCc1ccc(Br)s1)c1cc(C2CC2)nn1-c1ccccc1. The number of carbonyl (C=O) groups excluding carboxylic acids is 1. The Labute approximate surface area is 152 Å². The maximum Gasteiger partial charge on any atom is 0.270 e. The molecule has 0 radical (unpaired) electrons. The summed E-state index contributed by atoms with van der Waals surface area (Å²) < 4.78 is 2.82. The summed E-state index contributed by atoms with van der Waals surface area (Å²) in [6, 6.07) is 15.8. The molecule has 1 aromatic carbocycles. The van der Waals surface area contributed by atoms with Gasteiger partial charge in [-0.25, -0.2) is 4.68 Å². The molecule has 3 aromatic rings. The molecule has 4 rings (SSSR count). The maximum absolute atomic E-state index is 12.7. The van der Waals surface area contributed by atoms with Crippen molar-refractivity contribution in [3.8, 4) is 5.69 Å². The largest absolute Gasteiger partial charge is 0.346 e. The summed E-state index contributed by atoms with van der Waals surface area (Å²) in [7, 11) is 0. The van der Waals surface area contributed by atoms with E-state index in [9.17, 15) is 4.79 Å². The fourth-order valence-corrected chi connectivity index (χ4v) is 4.03. The number of hydrogen-bond acceptors (Lipinski definition) is 3. The van der Waals surface area contributed by atoms with Crippen LogP contribution < -0.4 is 5.32 Å². The first-order valence-electron chi connectivity index (χ1n) is 7.88. The molecule has 6 heteroatoms. The molecule has 0 atom stereocenters. The van der Waals surface area contributed by atoms with Crippen molar-refractivity contribution in [2.75, 3.05) is 0 Å². The van der Waals surface area contributed by atoms with Crippen LogP contribution in [0.15, 0.2) is 52.3 Å². The van der Waals surface area contributed by atoms with E-state index in [-0.39, 0.29) is 5.91 Å². The molecule has 1 saturated carbocycles. The topological polar surface area (TPSA) is 46.9 Å². The molecule has 4 nitrogen and oxygen atoms in total. The van der Waals surface area contributed by atoms with Crippen LogP contribution in [0.2, 0.25) is 0 Å². The molecule has 1 fully saturated rings. The van der Waals surface area contributed by atoms with E-state index in [1.807, 2.05) is 48.5 Å². The van der Waals surface area contributed by atoms with E-state index < -0.39 is 0 Å². The average molecular weight is 402 g/mol. The van der Waals surface area contributed by atoms with E-state index in [1.165, 1.54) is 0 Å². The highest BCUT2D eigenvalue weighted by Crippen LogP contribution is 2.39. The van der Waals surface area contributed by atoms with Crippen molar-refractivity contribution >= 4 is 33.2 Å². The van der Waals surface area contributed by atoms with Crippen LogP contribution in [0.4, 0.5) is 0 Å². The Morgan fingerprint density at radius 3 is 2.71 bits per heavy atom. The van der Waals surface area contributed by atoms with Gasteiger partial charge < -0.3 is 5.32 Å². The van der Waals surface area contributed by atoms with Crippen molar-refractivity contribution in [1.82, 2.24) is 15.1 Å². The summed E-state index contributed by atoms with van der Waals surface area (Å²) in [5.74, 6) is 0.414. The Morgan fingerprint density at radius 2 is 2.04 bits per heavy atom. The second kappa shape index (κ2) is 6.53. The molecule has 1 aliphatic carbocycles. The Kier molecular flexibility index (Phi) is 4.24. The van der Waals surface area contributed by atoms with Crippen molar-refractivity contribution < 1.29 is 4.79 Å². The predicted octanol–water partition coefficient (Wildman–Crippen LogP) is 4.50. The summed E-state index contributed by atoms with van der Waals surface area (Å²) in [4.78, 5) is 13.8. The lowest BCUT2D eigenvalue weighted by Gasteiger charge is -2.07. The first-order valence-corrected chi connectivity index (χ1v) is 9.49. The second-order valence-corrected chi connectivity index (χ2v) is 8.41. The number of carbonyl (C=O) groups is 1. The highest BCUT2D eigenvalue weighted by molar-refractivity contribution is 9.11. The van der Waals surface area contributed by atoms with Crippen LogP contribution >= 0.6 is 27.3 Å². The molecular weight excluding hydrogens is 386 g/mol. The van der Waals surface area contributed by atoms with Gasteiger partial charge in [-0.3, -0.25) is 4.79 Å². The normalized spacial score (nSPS) is 13.9. The van der Waals surface area contributed by atoms with Crippen LogP contribution in [0.3, 0.4) is 0 Å². The summed E-state index contributed by atoms with van der Waals surface area (Å²) >= 11 is 5.07. The minimum absolute atomic E-state index is 0.0947. The number of hydrogen-bond donors (Lipinski definition) is 1. The van der Waals surface area contributed by atoms with E-state index in [0.29, 0.717) is 18.2 Å². The van der Waals surface area contributed by atoms with Crippen molar-refractivity contribution in [1.29, 1.82) is 0 Å². The second-order valence-electron chi connectivity index (χ2n) is 5.86. The third kappa shape index (κ3) is 3.30. The van der Waals surface area contributed by atoms with Gasteiger partial charge in [0.15, 0.2) is 0 Å². The number of para-hydroxylation sites is 1. The molecule has 0 aliphatic heterocycles. The molecule has 122 valence electrons. The molecular formula is C18H16BrN3OS. The number of halogens is 1. The van der Waals surface area contributed by atoms with Gasteiger partial charge >= 0.3 is 0 Å². The lowest BCUT2D eigenvalue weighted by molar-refractivity contribution is 0.0943. The summed E-state index contributed by atoms with van der Waals surface area (Å²) in [6.45, 7) is 0.522. The Hall–Kier alpha value is -1.92. The zero-order chi connectivity index (χ0) is 16.5. The summed E-state index contributed by atoms with van der Waals surface area (Å²) in [5.41, 5.74) is 2.52. The number of nitrogens with zero attached hydrogens (tertiary/aromatic N) is 2. The molecule has 0 bridgehead atoms. The van der Waals surface area contributed by atoms with Crippen LogP contribution in [0, 0.1) is 0 Å². The molecule has 2 aromatic heterocycles. The van der Waals surface area contributed by atoms with Crippen molar-refractivity contribution in [2.45, 2.75) is 25.3 Å². The molecule has 24 heavy (non-hydrogen) atoms. The number of benzene rings is 1. The van der Waals surface area contributed by atoms with E-state index in [4.69, 9.17) is 0 Å². The number of rotatable bonds is 5. The summed E-state index contributed by atoms with van der Waals surface area (Å²) in [6.07, 6.45) is 2.33. The first kappa shape index (κ1) is 15.6. The van der Waals surface area contributed by atoms with Crippen LogP contribution in [0.1, 0.15) is 39.8 Å². The third-order valence-electron chi connectivity index (χ3n) is 4.01. The average Bonchev–Trinajstić information content (AvgIpc) is 3.22. The van der Waals surface area contributed by atoms with E-state index in [2.05, 4.69) is 26.3 Å². The van der Waals surface area contributed by atoms with Crippen molar-refractivity contribution in [3.63, 3.8) is 0 Å². The first-order chi connectivity index (χ1) is 11.7. The fourth-order valence-electron chi connectivity index (χ4n) is 2.61. The molecule has 1 N–H and O–H groups in total. The number of thiophene rings is 1. The third-order valence-corrected chi connectivity index (χ3v) is 5.63. The summed E-state index contributed by atoms with van der Waals surface area (Å²) in [5, 5.41) is 7.67. The van der Waals surface area contributed by atoms with E-state index in [0.717, 1.165) is 32.9 Å². The van der Waals surface area contributed by atoms with Gasteiger partial charge in [-0.15, -0.1) is 11.3 Å². The van der Waals surface area contributed by atoms with Gasteiger partial charge in [0.05, 0.1) is 21.7 Å². The molecule has 0 unspecified atom stereocenters. The van der Waals surface area contributed by atoms with Crippen molar-refractivity contribution in [2.24, 2.45) is 0 Å². The maximum atomic E-state index is 12.7. The molecule has 0 spiro atoms. The van der Waals surface area contributed by atoms with Gasteiger partial charge in [0.1, 0.15) is 5.69 Å². The smallest absolute Gasteiger partial charge is 0.270 e. The number of amides is 1. The fraction of sp³-hybridized carbons (Fsp3) is 0.222. The Morgan fingerprint density at radius 1 is 1.25 bits per heavy atom. The van der Waals surface area contributed by atoms with Crippen LogP contribution in [0.25, 0.3) is 5.69 Å². The Balaban J connectivity index is 1.59. The van der Waals surface area contributed by atoms with Gasteiger partial charge in [-0.1, -0.05) is 18.2 Å². The molecule has 1 aliphatic rings. The standard InChI is InChI=1S/C18H16BrN3OS/c19-17-9-8-14(24-17)11-20-18(23)16-10-15(12-6-7-12)21-22(16)13-4-2-1-3-5-13/h1-5,8-10,12H,6-7,11H2,(H,20,23). The van der Waals surface area contributed by atoms with Gasteiger partial charge in [0.25, 0.3) is 5.91 Å². The monoisotopic (exact) mass is 401 g/mol. The lowest BCUT2D eigenvalue weighted by atomic mass is 10.2. The number of nitrogens with one attached hydrogen (secondary N) is 1. The van der Waals surface area contributed by atoms with Gasteiger partial charge in [-0.05, 0) is 59.1 Å². The van der Waals surface area contributed by atoms with Gasteiger partial charge in [-0.2, -0.15) is 5.10 Å². The zero-order valence-corrected chi connectivity index (χ0v) is 15.3. The van der Waals surface area contributed by atoms with E-state index >= 15 is 0 Å². The Bertz CT molecular complexity index is 868. The van der Waals surface area contributed by atoms with Crippen LogP contribution in [0.5, 0.6) is 0 Å². The predicted molar refractivity (Wildman–Crippen MR) is 98.7 cm³/mol. The van der Waals surface area contributed by atoms with E-state index in [1.54, 1.807) is 16.0 Å². The van der Waals surface area contributed by atoms with Crippen molar-refractivity contribution in [3.05, 3.63) is 68.6 Å². The quantitative estimate of drug-likeness (QED) is 0.683. The van der Waals surface area contributed by atoms with Crippen LogP contribution in [-0.2, 0) is 6.54 Å². The minimum Gasteiger partial charge on any atom is -0.346 e. The zero-order valence-electron chi connectivity index (χ0n) is 12.9.